The Bertz CT molecular complexity index is 441. The van der Waals surface area contributed by atoms with E-state index in [-0.39, 0.29) is 30.0 Å². The van der Waals surface area contributed by atoms with Gasteiger partial charge in [-0.05, 0) is 50.4 Å². The number of nitrogens with zero attached hydrogens (tertiary/aromatic N) is 2. The van der Waals surface area contributed by atoms with E-state index in [1.807, 2.05) is 13.1 Å². The fourth-order valence-electron chi connectivity index (χ4n) is 2.84. The van der Waals surface area contributed by atoms with Gasteiger partial charge >= 0.3 is 0 Å². The molecule has 0 saturated carbocycles. The first-order valence-electron chi connectivity index (χ1n) is 8.42. The summed E-state index contributed by atoms with van der Waals surface area (Å²) in [5, 5.41) is 6.83. The van der Waals surface area contributed by atoms with Crippen molar-refractivity contribution in [2.75, 3.05) is 33.2 Å². The van der Waals surface area contributed by atoms with Gasteiger partial charge in [0.25, 0.3) is 0 Å². The molecule has 0 radical (unpaired) electrons. The first-order chi connectivity index (χ1) is 10.7. The Labute approximate surface area is 157 Å². The maximum atomic E-state index is 5.64. The van der Waals surface area contributed by atoms with E-state index in [1.165, 1.54) is 12.8 Å². The second kappa shape index (κ2) is 10.9. The smallest absolute Gasteiger partial charge is 0.191 e. The van der Waals surface area contributed by atoms with Crippen molar-refractivity contribution >= 4 is 29.9 Å². The van der Waals surface area contributed by atoms with Crippen LogP contribution >= 0.6 is 24.0 Å². The molecule has 1 fully saturated rings. The summed E-state index contributed by atoms with van der Waals surface area (Å²) in [6.07, 6.45) is 5.46. The van der Waals surface area contributed by atoms with E-state index in [1.54, 1.807) is 6.26 Å². The van der Waals surface area contributed by atoms with E-state index in [0.717, 1.165) is 44.3 Å². The summed E-state index contributed by atoms with van der Waals surface area (Å²) in [7, 11) is 1.82. The molecule has 23 heavy (non-hydrogen) atoms. The molecule has 1 aliphatic rings. The van der Waals surface area contributed by atoms with Crippen LogP contribution in [0, 0.1) is 5.92 Å². The number of likely N-dealkylation sites (tertiary alicyclic amines) is 1. The maximum Gasteiger partial charge on any atom is 0.191 e. The van der Waals surface area contributed by atoms with E-state index >= 15 is 0 Å². The molecule has 2 rings (SSSR count). The quantitative estimate of drug-likeness (QED) is 0.393. The highest BCUT2D eigenvalue weighted by atomic mass is 127. The number of rotatable bonds is 7. The molecule has 1 aromatic rings. The van der Waals surface area contributed by atoms with E-state index in [2.05, 4.69) is 40.4 Å². The van der Waals surface area contributed by atoms with Gasteiger partial charge in [0.1, 0.15) is 5.76 Å². The van der Waals surface area contributed by atoms with Crippen LogP contribution in [0.1, 0.15) is 44.9 Å². The zero-order valence-electron chi connectivity index (χ0n) is 14.5. The van der Waals surface area contributed by atoms with Crippen LogP contribution in [-0.4, -0.2) is 44.1 Å². The molecule has 1 aromatic heterocycles. The van der Waals surface area contributed by atoms with Gasteiger partial charge < -0.3 is 15.1 Å². The largest absolute Gasteiger partial charge is 0.468 e. The molecule has 2 N–H and O–H groups in total. The van der Waals surface area contributed by atoms with Crippen LogP contribution in [-0.2, 0) is 0 Å². The summed E-state index contributed by atoms with van der Waals surface area (Å²) in [5.41, 5.74) is 0. The lowest BCUT2D eigenvalue weighted by Crippen LogP contribution is -2.43. The summed E-state index contributed by atoms with van der Waals surface area (Å²) < 4.78 is 5.64. The minimum absolute atomic E-state index is 0. The molecule has 1 atom stereocenters. The van der Waals surface area contributed by atoms with Gasteiger partial charge in [0.15, 0.2) is 5.96 Å². The Morgan fingerprint density at radius 1 is 1.30 bits per heavy atom. The third kappa shape index (κ3) is 6.71. The van der Waals surface area contributed by atoms with Crippen LogP contribution < -0.4 is 10.6 Å². The standard InChI is InChI=1S/C17H30N4O.HI/c1-14(2)8-9-19-17(18-3)20-13-15(16-7-6-12-22-16)21-10-4-5-11-21;/h6-7,12,14-15H,4-5,8-11,13H2,1-3H3,(H2,18,19,20);1H. The van der Waals surface area contributed by atoms with Gasteiger partial charge in [-0.2, -0.15) is 0 Å². The first kappa shape index (κ1) is 20.3. The number of furan rings is 1. The fourth-order valence-corrected chi connectivity index (χ4v) is 2.84. The lowest BCUT2D eigenvalue weighted by molar-refractivity contribution is 0.215. The molecule has 6 heteroatoms. The second-order valence-electron chi connectivity index (χ2n) is 6.34. The Balaban J connectivity index is 0.00000264. The van der Waals surface area contributed by atoms with Crippen LogP contribution in [0.25, 0.3) is 0 Å². The monoisotopic (exact) mass is 434 g/mol. The van der Waals surface area contributed by atoms with E-state index < -0.39 is 0 Å². The van der Waals surface area contributed by atoms with E-state index in [0.29, 0.717) is 5.92 Å². The second-order valence-corrected chi connectivity index (χ2v) is 6.34. The van der Waals surface area contributed by atoms with Gasteiger partial charge in [0, 0.05) is 20.1 Å². The Morgan fingerprint density at radius 3 is 2.61 bits per heavy atom. The molecule has 132 valence electrons. The van der Waals surface area contributed by atoms with Gasteiger partial charge in [-0.1, -0.05) is 13.8 Å². The minimum atomic E-state index is 0. The number of hydrogen-bond donors (Lipinski definition) is 2. The molecule has 1 unspecified atom stereocenters. The van der Waals surface area contributed by atoms with Crippen molar-refractivity contribution in [1.29, 1.82) is 0 Å². The van der Waals surface area contributed by atoms with Gasteiger partial charge in [-0.3, -0.25) is 9.89 Å². The molecule has 2 heterocycles. The van der Waals surface area contributed by atoms with Gasteiger partial charge in [0.05, 0.1) is 12.3 Å². The highest BCUT2D eigenvalue weighted by molar-refractivity contribution is 14.0. The van der Waals surface area contributed by atoms with E-state index in [9.17, 15) is 0 Å². The zero-order valence-corrected chi connectivity index (χ0v) is 16.9. The molecular weight excluding hydrogens is 403 g/mol. The first-order valence-corrected chi connectivity index (χ1v) is 8.42. The number of hydrogen-bond acceptors (Lipinski definition) is 3. The van der Waals surface area contributed by atoms with Gasteiger partial charge in [-0.25, -0.2) is 0 Å². The number of guanidine groups is 1. The SMILES string of the molecule is CN=C(NCCC(C)C)NCC(c1ccco1)N1CCCC1.I. The van der Waals surface area contributed by atoms with Gasteiger partial charge in [-0.15, -0.1) is 24.0 Å². The van der Waals surface area contributed by atoms with E-state index in [4.69, 9.17) is 4.42 Å². The molecule has 0 bridgehead atoms. The van der Waals surface area contributed by atoms with Crippen LogP contribution in [0.4, 0.5) is 0 Å². The maximum absolute atomic E-state index is 5.64. The van der Waals surface area contributed by atoms with Crippen LogP contribution in [0.15, 0.2) is 27.8 Å². The predicted octanol–water partition coefficient (Wildman–Crippen LogP) is 3.25. The molecule has 1 aliphatic heterocycles. The van der Waals surface area contributed by atoms with Crippen LogP contribution in [0.3, 0.4) is 0 Å². The summed E-state index contributed by atoms with van der Waals surface area (Å²) in [5.74, 6) is 2.61. The zero-order chi connectivity index (χ0) is 15.8. The van der Waals surface area contributed by atoms with Crippen LogP contribution in [0.5, 0.6) is 0 Å². The van der Waals surface area contributed by atoms with Crippen molar-refractivity contribution < 1.29 is 4.42 Å². The third-order valence-electron chi connectivity index (χ3n) is 4.15. The lowest BCUT2D eigenvalue weighted by Gasteiger charge is -2.26. The summed E-state index contributed by atoms with van der Waals surface area (Å²) in [4.78, 5) is 6.80. The summed E-state index contributed by atoms with van der Waals surface area (Å²) in [6.45, 7) is 8.52. The molecular formula is C17H31IN4O. The average Bonchev–Trinajstić information content (AvgIpc) is 3.19. The fraction of sp³-hybridized carbons (Fsp3) is 0.706. The summed E-state index contributed by atoms with van der Waals surface area (Å²) >= 11 is 0. The molecule has 0 amide bonds. The Hall–Kier alpha value is -0.760. The Kier molecular flexibility index (Phi) is 9.62. The normalized spacial score (nSPS) is 17.1. The Morgan fingerprint density at radius 2 is 2.04 bits per heavy atom. The minimum Gasteiger partial charge on any atom is -0.468 e. The molecule has 0 spiro atoms. The van der Waals surface area contributed by atoms with Crippen molar-refractivity contribution in [3.63, 3.8) is 0 Å². The predicted molar refractivity (Wildman–Crippen MR) is 106 cm³/mol. The van der Waals surface area contributed by atoms with Crippen molar-refractivity contribution in [3.05, 3.63) is 24.2 Å². The topological polar surface area (TPSA) is 52.8 Å². The van der Waals surface area contributed by atoms with Crippen molar-refractivity contribution in [2.24, 2.45) is 10.9 Å². The number of halogens is 1. The molecule has 0 aromatic carbocycles. The number of nitrogens with one attached hydrogen (secondary N) is 2. The number of aliphatic imine (C=N–C) groups is 1. The highest BCUT2D eigenvalue weighted by Gasteiger charge is 2.25. The lowest BCUT2D eigenvalue weighted by atomic mass is 10.1. The summed E-state index contributed by atoms with van der Waals surface area (Å²) in [6, 6.07) is 4.31. The van der Waals surface area contributed by atoms with Crippen LogP contribution in [0.2, 0.25) is 0 Å². The third-order valence-corrected chi connectivity index (χ3v) is 4.15. The molecule has 0 aliphatic carbocycles. The van der Waals surface area contributed by atoms with Crippen molar-refractivity contribution in [3.8, 4) is 0 Å². The molecule has 1 saturated heterocycles. The van der Waals surface area contributed by atoms with Crippen molar-refractivity contribution in [1.82, 2.24) is 15.5 Å². The highest BCUT2D eigenvalue weighted by Crippen LogP contribution is 2.24. The average molecular weight is 434 g/mol. The van der Waals surface area contributed by atoms with Gasteiger partial charge in [0.2, 0.25) is 0 Å². The molecule has 5 nitrogen and oxygen atoms in total. The van der Waals surface area contributed by atoms with Crippen molar-refractivity contribution in [2.45, 2.75) is 39.2 Å².